The van der Waals surface area contributed by atoms with Crippen LogP contribution in [0.5, 0.6) is 0 Å². The highest BCUT2D eigenvalue weighted by Crippen LogP contribution is 2.29. The molecule has 0 saturated carbocycles. The van der Waals surface area contributed by atoms with Gasteiger partial charge in [0.2, 0.25) is 5.91 Å². The first kappa shape index (κ1) is 19.6. The number of carbonyl (C=O) groups excluding carboxylic acids is 1. The van der Waals surface area contributed by atoms with Crippen molar-refractivity contribution in [3.63, 3.8) is 0 Å². The molecule has 0 fully saturated rings. The van der Waals surface area contributed by atoms with Gasteiger partial charge in [0.1, 0.15) is 5.82 Å². The van der Waals surface area contributed by atoms with Gasteiger partial charge in [-0.05, 0) is 43.7 Å². The van der Waals surface area contributed by atoms with Gasteiger partial charge in [0.25, 0.3) is 0 Å². The molecular formula is C19H25FN2O2S. The molecule has 4 nitrogen and oxygen atoms in total. The summed E-state index contributed by atoms with van der Waals surface area (Å²) in [5.74, 6) is -0.166. The van der Waals surface area contributed by atoms with Crippen molar-refractivity contribution in [2.75, 3.05) is 26.8 Å². The summed E-state index contributed by atoms with van der Waals surface area (Å²) in [5.41, 5.74) is 0.987. The third-order valence-corrected chi connectivity index (χ3v) is 4.94. The molecule has 136 valence electrons. The number of benzene rings is 1. The summed E-state index contributed by atoms with van der Waals surface area (Å²) >= 11 is 1.63. The largest absolute Gasteiger partial charge is 0.383 e. The molecule has 1 N–H and O–H groups in total. The van der Waals surface area contributed by atoms with Crippen LogP contribution in [-0.4, -0.2) is 43.7 Å². The van der Waals surface area contributed by atoms with Gasteiger partial charge in [0, 0.05) is 29.5 Å². The predicted octanol–water partition coefficient (Wildman–Crippen LogP) is 3.53. The summed E-state index contributed by atoms with van der Waals surface area (Å²) in [6.45, 7) is 6.15. The molecule has 0 bridgehead atoms. The van der Waals surface area contributed by atoms with E-state index >= 15 is 0 Å². The topological polar surface area (TPSA) is 41.6 Å². The summed E-state index contributed by atoms with van der Waals surface area (Å²) in [6.07, 6.45) is 0. The second-order valence-corrected chi connectivity index (χ2v) is 7.23. The lowest BCUT2D eigenvalue weighted by molar-refractivity contribution is -0.132. The van der Waals surface area contributed by atoms with Crippen LogP contribution in [0.3, 0.4) is 0 Å². The van der Waals surface area contributed by atoms with Crippen LogP contribution in [0.15, 0.2) is 36.4 Å². The fraction of sp³-hybridized carbons (Fsp3) is 0.421. The Bertz CT molecular complexity index is 670. The van der Waals surface area contributed by atoms with E-state index in [4.69, 9.17) is 4.74 Å². The molecule has 1 amide bonds. The van der Waals surface area contributed by atoms with Crippen LogP contribution in [0, 0.1) is 5.82 Å². The highest BCUT2D eigenvalue weighted by Gasteiger charge is 2.18. The normalized spacial score (nSPS) is 11.1. The van der Waals surface area contributed by atoms with Crippen LogP contribution in [0.2, 0.25) is 0 Å². The first-order valence-electron chi connectivity index (χ1n) is 8.35. The number of rotatable bonds is 9. The van der Waals surface area contributed by atoms with Crippen LogP contribution >= 0.6 is 11.3 Å². The van der Waals surface area contributed by atoms with Gasteiger partial charge in [0.05, 0.1) is 19.7 Å². The number of methoxy groups -OCH3 is 1. The monoisotopic (exact) mass is 364 g/mol. The Morgan fingerprint density at radius 2 is 1.96 bits per heavy atom. The summed E-state index contributed by atoms with van der Waals surface area (Å²) in [6, 6.07) is 10.6. The zero-order valence-corrected chi connectivity index (χ0v) is 15.7. The second-order valence-electron chi connectivity index (χ2n) is 6.06. The maximum atomic E-state index is 13.1. The highest BCUT2D eigenvalue weighted by atomic mass is 32.1. The van der Waals surface area contributed by atoms with Gasteiger partial charge in [-0.25, -0.2) is 4.39 Å². The Morgan fingerprint density at radius 1 is 1.24 bits per heavy atom. The molecule has 0 radical (unpaired) electrons. The molecule has 1 aromatic carbocycles. The molecule has 1 heterocycles. The van der Waals surface area contributed by atoms with E-state index < -0.39 is 0 Å². The zero-order chi connectivity index (χ0) is 18.2. The smallest absolute Gasteiger partial charge is 0.237 e. The predicted molar refractivity (Wildman–Crippen MR) is 100 cm³/mol. The number of hydrogen-bond donors (Lipinski definition) is 1. The minimum atomic E-state index is -0.238. The van der Waals surface area contributed by atoms with Gasteiger partial charge in [-0.2, -0.15) is 0 Å². The summed E-state index contributed by atoms with van der Waals surface area (Å²) in [5, 5.41) is 3.10. The van der Waals surface area contributed by atoms with Crippen molar-refractivity contribution in [1.82, 2.24) is 10.2 Å². The first-order chi connectivity index (χ1) is 12.0. The lowest BCUT2D eigenvalue weighted by Crippen LogP contribution is -2.42. The van der Waals surface area contributed by atoms with Gasteiger partial charge in [0.15, 0.2) is 0 Å². The molecule has 0 unspecified atom stereocenters. The van der Waals surface area contributed by atoms with Gasteiger partial charge in [-0.1, -0.05) is 12.1 Å². The van der Waals surface area contributed by atoms with Crippen LogP contribution in [0.25, 0.3) is 10.4 Å². The van der Waals surface area contributed by atoms with E-state index in [1.807, 2.05) is 30.9 Å². The van der Waals surface area contributed by atoms with Crippen molar-refractivity contribution in [3.8, 4) is 10.4 Å². The van der Waals surface area contributed by atoms with Crippen molar-refractivity contribution >= 4 is 17.2 Å². The average molecular weight is 364 g/mol. The molecule has 0 aliphatic heterocycles. The Hall–Kier alpha value is -1.76. The van der Waals surface area contributed by atoms with Gasteiger partial charge in [-0.15, -0.1) is 11.3 Å². The molecular weight excluding hydrogens is 339 g/mol. The van der Waals surface area contributed by atoms with E-state index in [1.54, 1.807) is 30.6 Å². The number of amides is 1. The molecule has 0 aliphatic carbocycles. The fourth-order valence-corrected chi connectivity index (χ4v) is 3.44. The lowest BCUT2D eigenvalue weighted by Gasteiger charge is -2.26. The zero-order valence-electron chi connectivity index (χ0n) is 14.9. The van der Waals surface area contributed by atoms with Crippen LogP contribution in [0.1, 0.15) is 18.7 Å². The van der Waals surface area contributed by atoms with E-state index in [-0.39, 0.29) is 17.8 Å². The lowest BCUT2D eigenvalue weighted by atomic mass is 10.2. The number of hydrogen-bond acceptors (Lipinski definition) is 4. The minimum Gasteiger partial charge on any atom is -0.383 e. The number of carbonyl (C=O) groups is 1. The molecule has 2 aromatic rings. The molecule has 25 heavy (non-hydrogen) atoms. The molecule has 2 rings (SSSR count). The van der Waals surface area contributed by atoms with Crippen LogP contribution < -0.4 is 5.32 Å². The maximum absolute atomic E-state index is 13.1. The molecule has 0 aliphatic rings. The van der Waals surface area contributed by atoms with E-state index in [0.717, 1.165) is 15.3 Å². The number of ether oxygens (including phenoxy) is 1. The number of nitrogens with zero attached hydrogens (tertiary/aromatic N) is 1. The molecule has 0 spiro atoms. The standard InChI is InChI=1S/C19H25FN2O2S/c1-14(2)22(19(23)12-21-10-11-24-3)13-17-8-9-18(25-17)15-4-6-16(20)7-5-15/h4-9,14,21H,10-13H2,1-3H3. The molecule has 6 heteroatoms. The summed E-state index contributed by atoms with van der Waals surface area (Å²) in [4.78, 5) is 16.5. The van der Waals surface area contributed by atoms with E-state index in [0.29, 0.717) is 26.2 Å². The van der Waals surface area contributed by atoms with E-state index in [9.17, 15) is 9.18 Å². The third kappa shape index (κ3) is 5.92. The second kappa shape index (κ2) is 9.65. The fourth-order valence-electron chi connectivity index (χ4n) is 2.43. The number of nitrogens with one attached hydrogen (secondary N) is 1. The van der Waals surface area contributed by atoms with Crippen molar-refractivity contribution in [3.05, 3.63) is 47.1 Å². The maximum Gasteiger partial charge on any atom is 0.237 e. The van der Waals surface area contributed by atoms with Crippen LogP contribution in [-0.2, 0) is 16.1 Å². The molecule has 0 saturated heterocycles. The number of thiophene rings is 1. The molecule has 0 atom stereocenters. The van der Waals surface area contributed by atoms with E-state index in [1.165, 1.54) is 12.1 Å². The Morgan fingerprint density at radius 3 is 2.60 bits per heavy atom. The van der Waals surface area contributed by atoms with Crippen molar-refractivity contribution < 1.29 is 13.9 Å². The SMILES string of the molecule is COCCNCC(=O)N(Cc1ccc(-c2ccc(F)cc2)s1)C(C)C. The van der Waals surface area contributed by atoms with Crippen LogP contribution in [0.4, 0.5) is 4.39 Å². The van der Waals surface area contributed by atoms with Crippen molar-refractivity contribution in [1.29, 1.82) is 0 Å². The Kier molecular flexibility index (Phi) is 7.55. The third-order valence-electron chi connectivity index (χ3n) is 3.82. The van der Waals surface area contributed by atoms with Crippen molar-refractivity contribution in [2.45, 2.75) is 26.4 Å². The number of halogens is 1. The average Bonchev–Trinajstić information content (AvgIpc) is 3.05. The first-order valence-corrected chi connectivity index (χ1v) is 9.16. The molecule has 1 aromatic heterocycles. The quantitative estimate of drug-likeness (QED) is 0.692. The summed E-state index contributed by atoms with van der Waals surface area (Å²) in [7, 11) is 1.64. The minimum absolute atomic E-state index is 0.0721. The van der Waals surface area contributed by atoms with E-state index in [2.05, 4.69) is 5.32 Å². The van der Waals surface area contributed by atoms with Gasteiger partial charge < -0.3 is 15.0 Å². The highest BCUT2D eigenvalue weighted by molar-refractivity contribution is 7.15. The summed E-state index contributed by atoms with van der Waals surface area (Å²) < 4.78 is 18.0. The Labute approximate surface area is 152 Å². The Balaban J connectivity index is 2.00. The van der Waals surface area contributed by atoms with Crippen molar-refractivity contribution in [2.24, 2.45) is 0 Å². The van der Waals surface area contributed by atoms with Gasteiger partial charge in [-0.3, -0.25) is 4.79 Å². The van der Waals surface area contributed by atoms with Gasteiger partial charge >= 0.3 is 0 Å².